The maximum Gasteiger partial charge on any atom is 0.196 e. The molecule has 0 bridgehead atoms. The van der Waals surface area contributed by atoms with E-state index < -0.39 is 16.1 Å². The SMILES string of the molecule is C[Si](C)(C)C=[SiH]O[SiH]=C[Si](C)(C)C. The van der Waals surface area contributed by atoms with Crippen LogP contribution in [0.4, 0.5) is 0 Å². The van der Waals surface area contributed by atoms with E-state index >= 15 is 0 Å². The standard InChI is InChI=1S/C8H22OSi4/c1-12(2,3)7-10-9-11-8-13(4,5)6/h7-8,10-11H,1-6H3. The zero-order valence-electron chi connectivity index (χ0n) is 9.72. The zero-order valence-corrected chi connectivity index (χ0v) is 14.0. The van der Waals surface area contributed by atoms with Crippen molar-refractivity contribution < 1.29 is 4.12 Å². The average molecular weight is 247 g/mol. The van der Waals surface area contributed by atoms with Crippen LogP contribution in [0.3, 0.4) is 0 Å². The van der Waals surface area contributed by atoms with E-state index in [9.17, 15) is 0 Å². The molecule has 0 aliphatic carbocycles. The van der Waals surface area contributed by atoms with Crippen LogP contribution < -0.4 is 0 Å². The fourth-order valence-electron chi connectivity index (χ4n) is 0.532. The van der Waals surface area contributed by atoms with Crippen molar-refractivity contribution in [3.63, 3.8) is 0 Å². The summed E-state index contributed by atoms with van der Waals surface area (Å²) in [5.41, 5.74) is 0. The van der Waals surface area contributed by atoms with Gasteiger partial charge in [-0.25, -0.2) is 0 Å². The van der Waals surface area contributed by atoms with E-state index in [1.807, 2.05) is 0 Å². The van der Waals surface area contributed by atoms with Crippen molar-refractivity contribution in [3.05, 3.63) is 0 Å². The maximum absolute atomic E-state index is 5.71. The van der Waals surface area contributed by atoms with Crippen LogP contribution >= 0.6 is 0 Å². The van der Waals surface area contributed by atoms with Crippen LogP contribution in [-0.4, -0.2) is 45.5 Å². The van der Waals surface area contributed by atoms with E-state index in [4.69, 9.17) is 4.12 Å². The molecule has 0 aliphatic heterocycles. The van der Waals surface area contributed by atoms with E-state index in [-0.39, 0.29) is 18.8 Å². The van der Waals surface area contributed by atoms with Gasteiger partial charge in [-0.1, -0.05) is 49.9 Å². The molecule has 0 heterocycles. The van der Waals surface area contributed by atoms with Crippen LogP contribution in [-0.2, 0) is 4.12 Å². The van der Waals surface area contributed by atoms with Crippen LogP contribution in [0.25, 0.3) is 0 Å². The zero-order chi connectivity index (χ0) is 10.5. The summed E-state index contributed by atoms with van der Waals surface area (Å²) in [6, 6.07) is 0. The Bertz CT molecular complexity index is 175. The summed E-state index contributed by atoms with van der Waals surface area (Å²) in [5.74, 6) is 0. The first-order valence-corrected chi connectivity index (χ1v) is 14.1. The molecular formula is C8H22OSi4. The maximum atomic E-state index is 5.71. The first-order chi connectivity index (χ1) is 5.71. The molecule has 0 spiro atoms. The summed E-state index contributed by atoms with van der Waals surface area (Å²) in [4.78, 5) is 0. The third-order valence-corrected chi connectivity index (χ3v) is 11.6. The molecule has 0 aromatic carbocycles. The van der Waals surface area contributed by atoms with Gasteiger partial charge in [0.15, 0.2) is 18.8 Å². The molecule has 13 heavy (non-hydrogen) atoms. The normalized spacial score (nSPS) is 14.3. The monoisotopic (exact) mass is 246 g/mol. The minimum absolute atomic E-state index is 0.169. The molecule has 0 radical (unpaired) electrons. The lowest BCUT2D eigenvalue weighted by atomic mass is 11.8. The summed E-state index contributed by atoms with van der Waals surface area (Å²) < 4.78 is 5.71. The first kappa shape index (κ1) is 13.4. The molecule has 5 heteroatoms. The highest BCUT2D eigenvalue weighted by Gasteiger charge is 2.07. The molecule has 0 aliphatic rings. The molecular weight excluding hydrogens is 224 g/mol. The quantitative estimate of drug-likeness (QED) is 0.674. The van der Waals surface area contributed by atoms with Crippen molar-refractivity contribution in [2.24, 2.45) is 0 Å². The molecule has 0 saturated carbocycles. The molecule has 0 atom stereocenters. The van der Waals surface area contributed by atoms with Crippen LogP contribution in [0.5, 0.6) is 0 Å². The van der Waals surface area contributed by atoms with Crippen molar-refractivity contribution in [2.75, 3.05) is 0 Å². The van der Waals surface area contributed by atoms with Gasteiger partial charge in [-0.05, 0) is 0 Å². The van der Waals surface area contributed by atoms with E-state index in [0.29, 0.717) is 0 Å². The smallest absolute Gasteiger partial charge is 0.196 e. The minimum Gasteiger partial charge on any atom is -0.583 e. The molecule has 0 unspecified atom stereocenters. The van der Waals surface area contributed by atoms with Gasteiger partial charge in [0, 0.05) is 0 Å². The van der Waals surface area contributed by atoms with E-state index in [1.54, 1.807) is 0 Å². The lowest BCUT2D eigenvalue weighted by Gasteiger charge is -2.09. The molecule has 0 N–H and O–H groups in total. The van der Waals surface area contributed by atoms with Crippen molar-refractivity contribution in [1.82, 2.24) is 0 Å². The van der Waals surface area contributed by atoms with Gasteiger partial charge in [-0.3, -0.25) is 0 Å². The average Bonchev–Trinajstić information content (AvgIpc) is 1.81. The van der Waals surface area contributed by atoms with Crippen LogP contribution in [0, 0.1) is 0 Å². The lowest BCUT2D eigenvalue weighted by Crippen LogP contribution is -2.27. The number of rotatable bonds is 4. The molecule has 0 saturated heterocycles. The van der Waals surface area contributed by atoms with Gasteiger partial charge in [0.1, 0.15) is 0 Å². The molecule has 76 valence electrons. The predicted molar refractivity (Wildman–Crippen MR) is 74.2 cm³/mol. The van der Waals surface area contributed by atoms with Crippen molar-refractivity contribution in [1.29, 1.82) is 0 Å². The van der Waals surface area contributed by atoms with Gasteiger partial charge in [0.25, 0.3) is 0 Å². The Hall–Kier alpha value is 0.408. The number of hydrogen-bond acceptors (Lipinski definition) is 1. The molecule has 0 rings (SSSR count). The van der Waals surface area contributed by atoms with Gasteiger partial charge in [0.2, 0.25) is 0 Å². The summed E-state index contributed by atoms with van der Waals surface area (Å²) in [6.07, 6.45) is 0. The highest BCUT2D eigenvalue weighted by atomic mass is 28.4. The molecule has 0 amide bonds. The van der Waals surface area contributed by atoms with Crippen LogP contribution in [0.15, 0.2) is 0 Å². The van der Waals surface area contributed by atoms with Gasteiger partial charge in [-0.2, -0.15) is 0 Å². The molecule has 0 fully saturated rings. The Morgan fingerprint density at radius 3 is 1.31 bits per heavy atom. The second-order valence-electron chi connectivity index (χ2n) is 5.47. The highest BCUT2D eigenvalue weighted by molar-refractivity contribution is 7.08. The second-order valence-corrected chi connectivity index (χ2v) is 19.2. The van der Waals surface area contributed by atoms with E-state index in [0.717, 1.165) is 0 Å². The Morgan fingerprint density at radius 1 is 0.769 bits per heavy atom. The van der Waals surface area contributed by atoms with Crippen molar-refractivity contribution in [3.8, 4) is 0 Å². The van der Waals surface area contributed by atoms with Gasteiger partial charge in [-0.15, -0.1) is 0 Å². The van der Waals surface area contributed by atoms with E-state index in [1.165, 1.54) is 0 Å². The second kappa shape index (κ2) is 5.33. The summed E-state index contributed by atoms with van der Waals surface area (Å²) in [6.45, 7) is 14.2. The van der Waals surface area contributed by atoms with Crippen molar-refractivity contribution in [2.45, 2.75) is 39.3 Å². The van der Waals surface area contributed by atoms with Gasteiger partial charge < -0.3 is 4.12 Å². The first-order valence-electron chi connectivity index (χ1n) is 4.72. The fraction of sp³-hybridized carbons (Fsp3) is 0.750. The Morgan fingerprint density at radius 2 is 1.08 bits per heavy atom. The van der Waals surface area contributed by atoms with Crippen LogP contribution in [0.2, 0.25) is 39.3 Å². The molecule has 0 aromatic heterocycles. The fourth-order valence-corrected chi connectivity index (χ4v) is 6.20. The highest BCUT2D eigenvalue weighted by Crippen LogP contribution is 1.93. The Kier molecular flexibility index (Phi) is 5.50. The predicted octanol–water partition coefficient (Wildman–Crippen LogP) is 1.07. The summed E-state index contributed by atoms with van der Waals surface area (Å²) in [5, 5.41) is 4.91. The number of hydrogen-bond donors (Lipinski definition) is 0. The molecule has 1 nitrogen and oxygen atoms in total. The lowest BCUT2D eigenvalue weighted by molar-refractivity contribution is 0.681. The molecule has 0 aromatic rings. The van der Waals surface area contributed by atoms with E-state index in [2.05, 4.69) is 49.9 Å². The van der Waals surface area contributed by atoms with Gasteiger partial charge in [0.05, 0.1) is 16.1 Å². The summed E-state index contributed by atoms with van der Waals surface area (Å²) >= 11 is 0. The third-order valence-electron chi connectivity index (χ3n) is 1.29. The minimum atomic E-state index is -0.955. The summed E-state index contributed by atoms with van der Waals surface area (Å²) in [7, 11) is -1.57. The van der Waals surface area contributed by atoms with Gasteiger partial charge >= 0.3 is 0 Å². The van der Waals surface area contributed by atoms with Crippen molar-refractivity contribution >= 4 is 45.5 Å². The third kappa shape index (κ3) is 12.4. The van der Waals surface area contributed by atoms with Crippen LogP contribution in [0.1, 0.15) is 0 Å². The Balaban J connectivity index is 3.81. The Labute approximate surface area is 89.0 Å². The largest absolute Gasteiger partial charge is 0.583 e. The topological polar surface area (TPSA) is 9.23 Å².